The third-order valence-electron chi connectivity index (χ3n) is 4.13. The Morgan fingerprint density at radius 1 is 1.56 bits per heavy atom. The van der Waals surface area contributed by atoms with Gasteiger partial charge in [-0.1, -0.05) is 18.7 Å². The van der Waals surface area contributed by atoms with E-state index in [1.54, 1.807) is 0 Å². The fourth-order valence-corrected chi connectivity index (χ4v) is 4.66. The molecule has 1 aliphatic carbocycles. The van der Waals surface area contributed by atoms with Crippen LogP contribution in [0, 0.1) is 39.4 Å². The third-order valence-corrected chi connectivity index (χ3v) is 5.45. The molecule has 5 nitrogen and oxygen atoms in total. The molecule has 0 aromatic heterocycles. The average Bonchev–Trinajstić information content (AvgIpc) is 2.61. The minimum atomic E-state index is -0.876. The predicted molar refractivity (Wildman–Crippen MR) is 56.6 cm³/mol. The number of rotatable bonds is 0. The molecule has 2 aliphatic heterocycles. The number of hydrogen-bond acceptors (Lipinski definition) is 5. The number of nitrogens with two attached hydrogens (primary N) is 1. The Morgan fingerprint density at radius 2 is 2.31 bits per heavy atom. The van der Waals surface area contributed by atoms with Crippen molar-refractivity contribution in [3.8, 4) is 12.1 Å². The molecule has 1 spiro atoms. The van der Waals surface area contributed by atoms with Crippen molar-refractivity contribution in [2.24, 2.45) is 22.5 Å². The summed E-state index contributed by atoms with van der Waals surface area (Å²) in [6.45, 7) is 2.48. The zero-order valence-corrected chi connectivity index (χ0v) is 9.60. The second-order valence-electron chi connectivity index (χ2n) is 4.41. The molecule has 0 bridgehead atoms. The summed E-state index contributed by atoms with van der Waals surface area (Å²) in [5.74, 6) is 1.12. The Labute approximate surface area is 97.3 Å². The molecule has 4 atom stereocenters. The van der Waals surface area contributed by atoms with Gasteiger partial charge < -0.3 is 4.74 Å². The number of nitrogens with zero attached hydrogens (tertiary/aromatic N) is 2. The van der Waals surface area contributed by atoms with Crippen LogP contribution in [0.3, 0.4) is 0 Å². The van der Waals surface area contributed by atoms with Crippen molar-refractivity contribution in [3.05, 3.63) is 0 Å². The molecule has 3 N–H and O–H groups in total. The van der Waals surface area contributed by atoms with Crippen molar-refractivity contribution < 1.29 is 9.73 Å². The summed E-state index contributed by atoms with van der Waals surface area (Å²) in [6.07, 6.45) is 0. The summed E-state index contributed by atoms with van der Waals surface area (Å²) in [6, 6.07) is 4.50. The van der Waals surface area contributed by atoms with Gasteiger partial charge in [0.15, 0.2) is 10.8 Å². The summed E-state index contributed by atoms with van der Waals surface area (Å²) in [5, 5.41) is 18.0. The van der Waals surface area contributed by atoms with Crippen LogP contribution in [0.5, 0.6) is 0 Å². The average molecular weight is 235 g/mol. The van der Waals surface area contributed by atoms with E-state index in [2.05, 4.69) is 17.1 Å². The van der Waals surface area contributed by atoms with E-state index < -0.39 is 15.9 Å². The Balaban J connectivity index is 2.22. The molecule has 3 rings (SSSR count). The molecule has 1 saturated heterocycles. The monoisotopic (exact) mass is 235 g/mol. The molecule has 2 heterocycles. The van der Waals surface area contributed by atoms with Gasteiger partial charge in [0.2, 0.25) is 0 Å². The van der Waals surface area contributed by atoms with E-state index in [9.17, 15) is 10.5 Å². The van der Waals surface area contributed by atoms with Gasteiger partial charge in [0, 0.05) is 11.7 Å². The number of nitrogens with one attached hydrogen (secondary N) is 1. The first-order valence-corrected chi connectivity index (χ1v) is 6.11. The maximum absolute atomic E-state index is 9.47. The molecule has 6 heteroatoms. The largest absolute Gasteiger partial charge is 0.327 e. The number of thioether (sulfide) groups is 1. The number of hydrogen-bond donors (Lipinski definition) is 2. The first kappa shape index (κ1) is 9.95. The molecule has 3 aliphatic rings. The van der Waals surface area contributed by atoms with E-state index in [-0.39, 0.29) is 5.92 Å². The van der Waals surface area contributed by atoms with Gasteiger partial charge in [-0.15, -0.1) is 0 Å². The van der Waals surface area contributed by atoms with Crippen molar-refractivity contribution in [3.63, 3.8) is 0 Å². The Bertz CT molecular complexity index is 484. The van der Waals surface area contributed by atoms with Crippen molar-refractivity contribution in [2.45, 2.75) is 12.0 Å². The first-order valence-electron chi connectivity index (χ1n) is 5.13. The van der Waals surface area contributed by atoms with Crippen LogP contribution >= 0.6 is 11.8 Å². The lowest BCUT2D eigenvalue weighted by molar-refractivity contribution is -0.583. The normalized spacial score (nSPS) is 52.9. The highest BCUT2D eigenvalue weighted by Gasteiger charge is 2.94. The van der Waals surface area contributed by atoms with Crippen molar-refractivity contribution in [1.82, 2.24) is 0 Å². The van der Waals surface area contributed by atoms with E-state index in [0.717, 1.165) is 5.75 Å². The lowest BCUT2D eigenvalue weighted by Crippen LogP contribution is -2.88. The lowest BCUT2D eigenvalue weighted by atomic mass is 9.95. The molecular formula is C10H11N4OS+. The molecular weight excluding hydrogens is 224 g/mol. The van der Waals surface area contributed by atoms with Gasteiger partial charge in [-0.2, -0.15) is 10.5 Å². The Kier molecular flexibility index (Phi) is 1.57. The van der Waals surface area contributed by atoms with Crippen LogP contribution < -0.4 is 10.7 Å². The van der Waals surface area contributed by atoms with Gasteiger partial charge in [-0.25, -0.2) is 4.99 Å². The summed E-state index contributed by atoms with van der Waals surface area (Å²) < 4.78 is 5.69. The van der Waals surface area contributed by atoms with Crippen LogP contribution in [0.2, 0.25) is 0 Å². The zero-order valence-electron chi connectivity index (χ0n) is 8.78. The number of ether oxygens (including phenoxy) is 1. The molecule has 16 heavy (non-hydrogen) atoms. The molecule has 1 saturated carbocycles. The van der Waals surface area contributed by atoms with Crippen LogP contribution in [0.1, 0.15) is 6.92 Å². The van der Waals surface area contributed by atoms with E-state index in [1.165, 1.54) is 11.8 Å². The SMILES string of the molecule is C[C@H]1[C@@]2(C#N)[C@@]3([NH+]=C(N)[C@@]12C#N)OCCS3. The van der Waals surface area contributed by atoms with E-state index in [4.69, 9.17) is 10.5 Å². The second kappa shape index (κ2) is 2.53. The van der Waals surface area contributed by atoms with Crippen molar-refractivity contribution in [1.29, 1.82) is 10.5 Å². The molecule has 2 fully saturated rings. The van der Waals surface area contributed by atoms with Gasteiger partial charge >= 0.3 is 0 Å². The maximum Gasteiger partial charge on any atom is 0.277 e. The molecule has 0 amide bonds. The van der Waals surface area contributed by atoms with E-state index >= 15 is 0 Å². The standard InChI is InChI=1S/C10H10N4OS/c1-6-8(4-11)7(13)14-10(9(6,8)5-12)15-2-3-16-10/h6H,2-3H2,1H3,(H2,13,14)/p+1/t6-,8-,9-,10-/m1/s1. The van der Waals surface area contributed by atoms with Crippen molar-refractivity contribution in [2.75, 3.05) is 12.4 Å². The number of fused-ring (bicyclic) bond motifs is 2. The number of nitriles is 2. The quantitative estimate of drug-likeness (QED) is 0.534. The number of amidine groups is 1. The minimum absolute atomic E-state index is 0.0816. The van der Waals surface area contributed by atoms with Gasteiger partial charge in [-0.05, 0) is 0 Å². The summed E-state index contributed by atoms with van der Waals surface area (Å²) in [5.41, 5.74) is 4.20. The molecule has 82 valence electrons. The lowest BCUT2D eigenvalue weighted by Gasteiger charge is -2.22. The topological polar surface area (TPSA) is 96.8 Å². The Morgan fingerprint density at radius 3 is 2.75 bits per heavy atom. The molecule has 0 radical (unpaired) electrons. The van der Waals surface area contributed by atoms with E-state index in [1.807, 2.05) is 6.92 Å². The second-order valence-corrected chi connectivity index (χ2v) is 5.69. The van der Waals surface area contributed by atoms with E-state index in [0.29, 0.717) is 12.4 Å². The predicted octanol–water partition coefficient (Wildman–Crippen LogP) is -1.48. The minimum Gasteiger partial charge on any atom is -0.327 e. The molecule has 0 aromatic carbocycles. The van der Waals surface area contributed by atoms with Crippen LogP contribution in [-0.2, 0) is 4.74 Å². The summed E-state index contributed by atoms with van der Waals surface area (Å²) in [4.78, 5) is 3.03. The van der Waals surface area contributed by atoms with Gasteiger partial charge in [-0.3, -0.25) is 5.73 Å². The highest BCUT2D eigenvalue weighted by atomic mass is 32.2. The highest BCUT2D eigenvalue weighted by Crippen LogP contribution is 2.76. The molecule has 0 aromatic rings. The first-order chi connectivity index (χ1) is 7.61. The zero-order chi connectivity index (χ0) is 11.6. The summed E-state index contributed by atoms with van der Waals surface area (Å²) >= 11 is 1.54. The van der Waals surface area contributed by atoms with Crippen LogP contribution in [-0.4, -0.2) is 23.3 Å². The highest BCUT2D eigenvalue weighted by molar-refractivity contribution is 8.00. The Hall–Kier alpha value is -1.24. The van der Waals surface area contributed by atoms with Gasteiger partial charge in [0.25, 0.3) is 10.9 Å². The fourth-order valence-electron chi connectivity index (χ4n) is 3.24. The van der Waals surface area contributed by atoms with Gasteiger partial charge in [0.1, 0.15) is 0 Å². The van der Waals surface area contributed by atoms with Crippen LogP contribution in [0.25, 0.3) is 0 Å². The van der Waals surface area contributed by atoms with Crippen molar-refractivity contribution >= 4 is 17.6 Å². The summed E-state index contributed by atoms with van der Waals surface area (Å²) in [7, 11) is 0. The fraction of sp³-hybridized carbons (Fsp3) is 0.700. The van der Waals surface area contributed by atoms with Gasteiger partial charge in [0.05, 0.1) is 18.7 Å². The van der Waals surface area contributed by atoms with Crippen LogP contribution in [0.15, 0.2) is 0 Å². The van der Waals surface area contributed by atoms with Crippen LogP contribution in [0.4, 0.5) is 0 Å². The maximum atomic E-state index is 9.47. The molecule has 0 unspecified atom stereocenters. The smallest absolute Gasteiger partial charge is 0.277 e. The third kappa shape index (κ3) is 0.634.